The Kier molecular flexibility index (Phi) is 4.70. The van der Waals surface area contributed by atoms with Crippen LogP contribution in [0.25, 0.3) is 0 Å². The SMILES string of the molecule is CC(C)(C)Sc1cc(C(=O)NC[C@@H](O)C2CC2)ccn1. The van der Waals surface area contributed by atoms with Crippen molar-refractivity contribution in [3.63, 3.8) is 0 Å². The lowest BCUT2D eigenvalue weighted by Gasteiger charge is -2.17. The Bertz CT molecular complexity index is 481. The molecule has 0 radical (unpaired) electrons. The Hall–Kier alpha value is -1.07. The van der Waals surface area contributed by atoms with Crippen molar-refractivity contribution in [1.82, 2.24) is 10.3 Å². The van der Waals surface area contributed by atoms with E-state index in [4.69, 9.17) is 0 Å². The van der Waals surface area contributed by atoms with Gasteiger partial charge in [-0.25, -0.2) is 4.98 Å². The van der Waals surface area contributed by atoms with Gasteiger partial charge >= 0.3 is 0 Å². The first-order valence-electron chi connectivity index (χ1n) is 6.96. The zero-order valence-electron chi connectivity index (χ0n) is 12.2. The number of carbonyl (C=O) groups is 1. The summed E-state index contributed by atoms with van der Waals surface area (Å²) in [7, 11) is 0. The van der Waals surface area contributed by atoms with Crippen LogP contribution in [0.2, 0.25) is 0 Å². The molecule has 0 aliphatic heterocycles. The number of nitrogens with zero attached hydrogens (tertiary/aromatic N) is 1. The molecular formula is C15H22N2O2S. The second-order valence-electron chi connectivity index (χ2n) is 6.21. The number of hydrogen-bond donors (Lipinski definition) is 2. The Balaban J connectivity index is 1.93. The largest absolute Gasteiger partial charge is 0.391 e. The highest BCUT2D eigenvalue weighted by molar-refractivity contribution is 8.00. The monoisotopic (exact) mass is 294 g/mol. The molecule has 110 valence electrons. The first-order chi connectivity index (χ1) is 9.35. The first-order valence-corrected chi connectivity index (χ1v) is 7.78. The van der Waals surface area contributed by atoms with Gasteiger partial charge in [-0.3, -0.25) is 4.79 Å². The first kappa shape index (κ1) is 15.3. The summed E-state index contributed by atoms with van der Waals surface area (Å²) in [6, 6.07) is 3.50. The summed E-state index contributed by atoms with van der Waals surface area (Å²) in [5, 5.41) is 13.4. The lowest BCUT2D eigenvalue weighted by atomic mass is 10.2. The van der Waals surface area contributed by atoms with E-state index in [0.29, 0.717) is 18.0 Å². The van der Waals surface area contributed by atoms with Crippen molar-refractivity contribution in [3.05, 3.63) is 23.9 Å². The Morgan fingerprint density at radius 1 is 1.55 bits per heavy atom. The molecule has 1 heterocycles. The van der Waals surface area contributed by atoms with E-state index in [0.717, 1.165) is 17.9 Å². The number of carbonyl (C=O) groups excluding carboxylic acids is 1. The molecule has 1 aliphatic rings. The molecule has 2 N–H and O–H groups in total. The van der Waals surface area contributed by atoms with E-state index < -0.39 is 6.10 Å². The fourth-order valence-electron chi connectivity index (χ4n) is 1.87. The van der Waals surface area contributed by atoms with Crippen LogP contribution in [0.1, 0.15) is 44.0 Å². The van der Waals surface area contributed by atoms with Gasteiger partial charge in [-0.2, -0.15) is 0 Å². The summed E-state index contributed by atoms with van der Waals surface area (Å²) in [4.78, 5) is 16.3. The molecule has 0 spiro atoms. The van der Waals surface area contributed by atoms with Crippen molar-refractivity contribution in [2.24, 2.45) is 5.92 Å². The number of aliphatic hydroxyl groups excluding tert-OH is 1. The molecule has 4 nitrogen and oxygen atoms in total. The van der Waals surface area contributed by atoms with Crippen molar-refractivity contribution in [2.75, 3.05) is 6.54 Å². The van der Waals surface area contributed by atoms with Crippen molar-refractivity contribution < 1.29 is 9.90 Å². The van der Waals surface area contributed by atoms with Crippen LogP contribution in [-0.2, 0) is 0 Å². The zero-order valence-corrected chi connectivity index (χ0v) is 13.0. The fourth-order valence-corrected chi connectivity index (χ4v) is 2.79. The maximum absolute atomic E-state index is 12.1. The predicted octanol–water partition coefficient (Wildman–Crippen LogP) is 2.47. The number of nitrogens with one attached hydrogen (secondary N) is 1. The maximum Gasteiger partial charge on any atom is 0.251 e. The molecule has 1 fully saturated rings. The number of hydrogen-bond acceptors (Lipinski definition) is 4. The summed E-state index contributed by atoms with van der Waals surface area (Å²) < 4.78 is 0.0598. The third-order valence-electron chi connectivity index (χ3n) is 3.05. The molecule has 0 unspecified atom stereocenters. The van der Waals surface area contributed by atoms with Gasteiger partial charge < -0.3 is 10.4 Å². The van der Waals surface area contributed by atoms with Gasteiger partial charge in [0.05, 0.1) is 11.1 Å². The van der Waals surface area contributed by atoms with Crippen LogP contribution in [0.15, 0.2) is 23.4 Å². The minimum atomic E-state index is -0.413. The number of pyridine rings is 1. The highest BCUT2D eigenvalue weighted by Gasteiger charge is 2.29. The molecule has 20 heavy (non-hydrogen) atoms. The van der Waals surface area contributed by atoms with Gasteiger partial charge in [-0.05, 0) is 30.9 Å². The zero-order chi connectivity index (χ0) is 14.8. The highest BCUT2D eigenvalue weighted by atomic mass is 32.2. The average molecular weight is 294 g/mol. The maximum atomic E-state index is 12.1. The van der Waals surface area contributed by atoms with Gasteiger partial charge in [0.15, 0.2) is 0 Å². The van der Waals surface area contributed by atoms with Gasteiger partial charge in [-0.15, -0.1) is 11.8 Å². The van der Waals surface area contributed by atoms with Gasteiger partial charge in [0.1, 0.15) is 0 Å². The molecule has 1 aliphatic carbocycles. The fraction of sp³-hybridized carbons (Fsp3) is 0.600. The van der Waals surface area contributed by atoms with E-state index in [2.05, 4.69) is 31.1 Å². The van der Waals surface area contributed by atoms with E-state index in [9.17, 15) is 9.90 Å². The molecule has 0 saturated heterocycles. The molecule has 5 heteroatoms. The number of rotatable bonds is 5. The van der Waals surface area contributed by atoms with E-state index in [1.54, 1.807) is 30.1 Å². The molecule has 0 bridgehead atoms. The van der Waals surface area contributed by atoms with E-state index >= 15 is 0 Å². The normalized spacial score (nSPS) is 16.8. The lowest BCUT2D eigenvalue weighted by Crippen LogP contribution is -2.33. The van der Waals surface area contributed by atoms with Crippen molar-refractivity contribution in [3.8, 4) is 0 Å². The number of amides is 1. The second kappa shape index (κ2) is 6.14. The summed E-state index contributed by atoms with van der Waals surface area (Å²) in [6.07, 6.45) is 3.38. The smallest absolute Gasteiger partial charge is 0.251 e. The van der Waals surface area contributed by atoms with E-state index in [-0.39, 0.29) is 10.7 Å². The summed E-state index contributed by atoms with van der Waals surface area (Å²) in [6.45, 7) is 6.65. The Morgan fingerprint density at radius 2 is 2.25 bits per heavy atom. The Morgan fingerprint density at radius 3 is 2.85 bits per heavy atom. The molecule has 1 atom stereocenters. The number of thioether (sulfide) groups is 1. The third kappa shape index (κ3) is 4.80. The van der Waals surface area contributed by atoms with Gasteiger partial charge in [-0.1, -0.05) is 20.8 Å². The molecule has 1 saturated carbocycles. The van der Waals surface area contributed by atoms with Crippen LogP contribution in [0, 0.1) is 5.92 Å². The highest BCUT2D eigenvalue weighted by Crippen LogP contribution is 2.32. The standard InChI is InChI=1S/C15H22N2O2S/c1-15(2,3)20-13-8-11(6-7-16-13)14(19)17-9-12(18)10-4-5-10/h6-8,10,12,18H,4-5,9H2,1-3H3,(H,17,19)/t12-/m1/s1. The molecular weight excluding hydrogens is 272 g/mol. The van der Waals surface area contributed by atoms with Crippen LogP contribution in [0.5, 0.6) is 0 Å². The molecule has 1 amide bonds. The van der Waals surface area contributed by atoms with Crippen LogP contribution < -0.4 is 5.32 Å². The van der Waals surface area contributed by atoms with Crippen LogP contribution in [0.3, 0.4) is 0 Å². The van der Waals surface area contributed by atoms with Gasteiger partial charge in [0, 0.05) is 23.1 Å². The Labute approximate surface area is 124 Å². The number of aromatic nitrogens is 1. The van der Waals surface area contributed by atoms with Gasteiger partial charge in [0.25, 0.3) is 5.91 Å². The second-order valence-corrected chi connectivity index (χ2v) is 8.06. The molecule has 1 aromatic rings. The van der Waals surface area contributed by atoms with E-state index in [1.165, 1.54) is 0 Å². The third-order valence-corrected chi connectivity index (χ3v) is 4.09. The summed E-state index contributed by atoms with van der Waals surface area (Å²) in [5.74, 6) is 0.225. The number of aliphatic hydroxyl groups is 1. The van der Waals surface area contributed by atoms with Crippen molar-refractivity contribution >= 4 is 17.7 Å². The van der Waals surface area contributed by atoms with Crippen molar-refractivity contribution in [1.29, 1.82) is 0 Å². The average Bonchev–Trinajstić information content (AvgIpc) is 3.18. The van der Waals surface area contributed by atoms with Crippen molar-refractivity contribution in [2.45, 2.75) is 49.5 Å². The van der Waals surface area contributed by atoms with E-state index in [1.807, 2.05) is 0 Å². The van der Waals surface area contributed by atoms with Crippen LogP contribution >= 0.6 is 11.8 Å². The topological polar surface area (TPSA) is 62.2 Å². The summed E-state index contributed by atoms with van der Waals surface area (Å²) >= 11 is 1.63. The van der Waals surface area contributed by atoms with Crippen LogP contribution in [-0.4, -0.2) is 33.4 Å². The lowest BCUT2D eigenvalue weighted by molar-refractivity contribution is 0.0901. The minimum absolute atomic E-state index is 0.0598. The van der Waals surface area contributed by atoms with Gasteiger partial charge in [0.2, 0.25) is 0 Å². The quantitative estimate of drug-likeness (QED) is 0.819. The molecule has 0 aromatic carbocycles. The van der Waals surface area contributed by atoms with Crippen LogP contribution in [0.4, 0.5) is 0 Å². The summed E-state index contributed by atoms with van der Waals surface area (Å²) in [5.41, 5.74) is 0.592. The molecule has 2 rings (SSSR count). The molecule has 1 aromatic heterocycles. The predicted molar refractivity (Wildman–Crippen MR) is 80.9 cm³/mol. The minimum Gasteiger partial charge on any atom is -0.391 e.